The first-order chi connectivity index (χ1) is 13.8. The van der Waals surface area contributed by atoms with Crippen molar-refractivity contribution in [2.45, 2.75) is 101 Å². The molecule has 2 aromatic rings. The molecule has 2 saturated carbocycles. The molecule has 176 valence electrons. The van der Waals surface area contributed by atoms with Crippen LogP contribution in [0.2, 0.25) is 0 Å². The van der Waals surface area contributed by atoms with Crippen LogP contribution in [0.25, 0.3) is 0 Å². The van der Waals surface area contributed by atoms with E-state index in [2.05, 4.69) is 26.0 Å². The van der Waals surface area contributed by atoms with E-state index in [4.69, 9.17) is 8.83 Å². The van der Waals surface area contributed by atoms with E-state index in [1.807, 2.05) is 24.7 Å². The van der Waals surface area contributed by atoms with Gasteiger partial charge in [0, 0.05) is 7.92 Å². The summed E-state index contributed by atoms with van der Waals surface area (Å²) in [7, 11) is -0.348. The van der Waals surface area contributed by atoms with Crippen LogP contribution in [-0.2, 0) is 17.1 Å². The Morgan fingerprint density at radius 2 is 1.23 bits per heavy atom. The number of furan rings is 2. The molecule has 4 atom stereocenters. The van der Waals surface area contributed by atoms with Crippen LogP contribution in [-0.4, -0.2) is 22.6 Å². The zero-order valence-corrected chi connectivity index (χ0v) is 22.8. The first-order valence-corrected chi connectivity index (χ1v) is 14.4. The Labute approximate surface area is 204 Å². The molecule has 31 heavy (non-hydrogen) atoms. The van der Waals surface area contributed by atoms with Gasteiger partial charge in [-0.05, 0) is 72.6 Å². The molecule has 0 N–H and O–H groups in total. The van der Waals surface area contributed by atoms with Gasteiger partial charge in [0.25, 0.3) is 0 Å². The van der Waals surface area contributed by atoms with E-state index in [0.717, 1.165) is 33.6 Å². The standard InChI is InChI=1S/C19H26O2P2.C5H10.2CH3.Fe/c1-14-10-11-15(2)22(14)16-6-3-7-17(16)23(18-8-4-12-20-18)19-9-5-13-21-19;1-2-4-5-3-1;;;/h4-5,8-9,12-17H,3,6-7,10-11H2,1-2H3;1-5H2;2*1H3;/q;;2*-1;+2/t14-,15-,16?,17?;;;;/m0..../s1. The van der Waals surface area contributed by atoms with Gasteiger partial charge in [0.05, 0.1) is 12.5 Å². The van der Waals surface area contributed by atoms with Crippen molar-refractivity contribution >= 4 is 26.8 Å². The van der Waals surface area contributed by atoms with Crippen LogP contribution in [0.4, 0.5) is 0 Å². The maximum Gasteiger partial charge on any atom is 2.00 e. The second-order valence-electron chi connectivity index (χ2n) is 8.83. The predicted octanol–water partition coefficient (Wildman–Crippen LogP) is 8.13. The van der Waals surface area contributed by atoms with Crippen molar-refractivity contribution in [3.63, 3.8) is 0 Å². The molecule has 3 aliphatic rings. The number of hydrogen-bond acceptors (Lipinski definition) is 2. The zero-order chi connectivity index (χ0) is 19.3. The molecule has 0 radical (unpaired) electrons. The fourth-order valence-corrected chi connectivity index (χ4v) is 13.2. The van der Waals surface area contributed by atoms with Gasteiger partial charge in [-0.15, -0.1) is 0 Å². The zero-order valence-electron chi connectivity index (χ0n) is 19.9. The molecule has 0 bridgehead atoms. The average molecular weight is 504 g/mol. The van der Waals surface area contributed by atoms with Crippen molar-refractivity contribution in [3.05, 3.63) is 51.6 Å². The number of rotatable bonds is 4. The van der Waals surface area contributed by atoms with E-state index < -0.39 is 7.92 Å². The Kier molecular flexibility index (Phi) is 13.3. The third-order valence-electron chi connectivity index (χ3n) is 6.92. The summed E-state index contributed by atoms with van der Waals surface area (Å²) in [6.07, 6.45) is 18.2. The van der Waals surface area contributed by atoms with Crippen LogP contribution in [0.5, 0.6) is 0 Å². The molecule has 5 heteroatoms. The minimum Gasteiger partial charge on any atom is -0.464 e. The van der Waals surface area contributed by atoms with Crippen LogP contribution in [0, 0.1) is 14.9 Å². The van der Waals surface area contributed by atoms with Crippen LogP contribution in [0.15, 0.2) is 45.6 Å². The summed E-state index contributed by atoms with van der Waals surface area (Å²) in [6.45, 7) is 5.01. The maximum atomic E-state index is 5.87. The predicted molar refractivity (Wildman–Crippen MR) is 136 cm³/mol. The Hall–Kier alpha value is -0.0605. The minimum absolute atomic E-state index is 0. The molecule has 2 aromatic heterocycles. The van der Waals surface area contributed by atoms with Crippen molar-refractivity contribution < 1.29 is 25.9 Å². The van der Waals surface area contributed by atoms with Gasteiger partial charge in [-0.25, -0.2) is 0 Å². The monoisotopic (exact) mass is 504 g/mol. The average Bonchev–Trinajstić information content (AvgIpc) is 3.52. The van der Waals surface area contributed by atoms with Crippen LogP contribution in [0.3, 0.4) is 0 Å². The summed E-state index contributed by atoms with van der Waals surface area (Å²) in [4.78, 5) is 0. The summed E-state index contributed by atoms with van der Waals surface area (Å²) in [5, 5.41) is 0. The first kappa shape index (κ1) is 29.0. The Balaban J connectivity index is 0.000000534. The van der Waals surface area contributed by atoms with Crippen molar-refractivity contribution in [2.75, 3.05) is 0 Å². The second-order valence-corrected chi connectivity index (χ2v) is 14.4. The van der Waals surface area contributed by atoms with Gasteiger partial charge >= 0.3 is 17.1 Å². The van der Waals surface area contributed by atoms with Crippen molar-refractivity contribution in [1.29, 1.82) is 0 Å². The molecule has 3 heterocycles. The molecular weight excluding hydrogens is 462 g/mol. The molecular formula is C26H42FeO2P2. The van der Waals surface area contributed by atoms with Crippen LogP contribution >= 0.6 is 15.8 Å². The molecule has 1 aliphatic heterocycles. The third kappa shape index (κ3) is 6.96. The van der Waals surface area contributed by atoms with E-state index in [9.17, 15) is 0 Å². The van der Waals surface area contributed by atoms with E-state index >= 15 is 0 Å². The quantitative estimate of drug-likeness (QED) is 0.239. The topological polar surface area (TPSA) is 26.3 Å². The SMILES string of the molecule is C1CCCC1.C[C@H]1CC[C@H](C)P1C1CCCC1P(c1ccco1)c1ccco1.[CH3-].[CH3-].[Fe+2]. The van der Waals surface area contributed by atoms with Gasteiger partial charge in [0.15, 0.2) is 0 Å². The molecule has 2 nitrogen and oxygen atoms in total. The molecule has 0 spiro atoms. The molecule has 1 saturated heterocycles. The Morgan fingerprint density at radius 1 is 0.742 bits per heavy atom. The van der Waals surface area contributed by atoms with Gasteiger partial charge in [-0.1, -0.05) is 60.3 Å². The van der Waals surface area contributed by atoms with E-state index in [1.165, 1.54) is 64.2 Å². The molecule has 0 aromatic carbocycles. The molecule has 3 fully saturated rings. The molecule has 2 aliphatic carbocycles. The second kappa shape index (κ2) is 14.3. The molecule has 0 amide bonds. The van der Waals surface area contributed by atoms with Gasteiger partial charge in [-0.3, -0.25) is 0 Å². The summed E-state index contributed by atoms with van der Waals surface area (Å²) < 4.78 is 11.7. The van der Waals surface area contributed by atoms with Crippen molar-refractivity contribution in [1.82, 2.24) is 0 Å². The minimum atomic E-state index is -0.489. The van der Waals surface area contributed by atoms with Crippen LogP contribution < -0.4 is 11.0 Å². The number of hydrogen-bond donors (Lipinski definition) is 0. The summed E-state index contributed by atoms with van der Waals surface area (Å²) in [6, 6.07) is 8.39. The van der Waals surface area contributed by atoms with Gasteiger partial charge < -0.3 is 23.7 Å². The third-order valence-corrected chi connectivity index (χ3v) is 13.8. The smallest absolute Gasteiger partial charge is 0.464 e. The maximum absolute atomic E-state index is 5.87. The Bertz CT molecular complexity index is 632. The van der Waals surface area contributed by atoms with Crippen molar-refractivity contribution in [3.8, 4) is 0 Å². The Morgan fingerprint density at radius 3 is 1.65 bits per heavy atom. The van der Waals surface area contributed by atoms with Gasteiger partial charge in [0.2, 0.25) is 0 Å². The van der Waals surface area contributed by atoms with Gasteiger partial charge in [0.1, 0.15) is 11.0 Å². The summed E-state index contributed by atoms with van der Waals surface area (Å²) >= 11 is 0. The summed E-state index contributed by atoms with van der Waals surface area (Å²) in [5.41, 5.74) is 5.84. The van der Waals surface area contributed by atoms with Crippen LogP contribution in [0.1, 0.15) is 78.1 Å². The first-order valence-electron chi connectivity index (χ1n) is 11.4. The summed E-state index contributed by atoms with van der Waals surface area (Å²) in [5.74, 6) is 0. The van der Waals surface area contributed by atoms with E-state index in [0.29, 0.717) is 0 Å². The molecule has 2 unspecified atom stereocenters. The fraction of sp³-hybridized carbons (Fsp3) is 0.615. The van der Waals surface area contributed by atoms with Gasteiger partial charge in [-0.2, -0.15) is 0 Å². The fourth-order valence-electron chi connectivity index (χ4n) is 5.57. The van der Waals surface area contributed by atoms with E-state index in [-0.39, 0.29) is 39.8 Å². The normalized spacial score (nSPS) is 27.7. The van der Waals surface area contributed by atoms with E-state index in [1.54, 1.807) is 0 Å². The largest absolute Gasteiger partial charge is 2.00 e. The van der Waals surface area contributed by atoms with Crippen molar-refractivity contribution in [2.24, 2.45) is 0 Å². The molecule has 5 rings (SSSR count).